The van der Waals surface area contributed by atoms with Crippen molar-refractivity contribution in [3.63, 3.8) is 0 Å². The van der Waals surface area contributed by atoms with Gasteiger partial charge in [-0.3, -0.25) is 14.2 Å². The second kappa shape index (κ2) is 11.8. The van der Waals surface area contributed by atoms with Gasteiger partial charge >= 0.3 is 0 Å². The van der Waals surface area contributed by atoms with E-state index in [4.69, 9.17) is 14.1 Å². The Hall–Kier alpha value is -4.47. The number of thiazole rings is 1. The van der Waals surface area contributed by atoms with Crippen LogP contribution >= 0.6 is 27.3 Å². The molecule has 1 atom stereocenters. The summed E-state index contributed by atoms with van der Waals surface area (Å²) in [6, 6.07) is 27.6. The second-order valence-electron chi connectivity index (χ2n) is 9.62. The highest BCUT2D eigenvalue weighted by atomic mass is 79.9. The molecule has 0 fully saturated rings. The monoisotopic (exact) mass is 639 g/mol. The highest BCUT2D eigenvalue weighted by molar-refractivity contribution is 9.10. The lowest BCUT2D eigenvalue weighted by molar-refractivity contribution is -0.113. The fourth-order valence-corrected chi connectivity index (χ4v) is 6.34. The van der Waals surface area contributed by atoms with E-state index in [1.54, 1.807) is 17.6 Å². The lowest BCUT2D eigenvalue weighted by Gasteiger charge is -2.25. The highest BCUT2D eigenvalue weighted by Gasteiger charge is 2.32. The smallest absolute Gasteiger partial charge is 0.271 e. The first-order valence-corrected chi connectivity index (χ1v) is 15.0. The maximum absolute atomic E-state index is 14.0. The summed E-state index contributed by atoms with van der Waals surface area (Å²) >= 11 is 4.76. The van der Waals surface area contributed by atoms with Crippen molar-refractivity contribution >= 4 is 44.9 Å². The minimum absolute atomic E-state index is 0.254. The van der Waals surface area contributed by atoms with Crippen LogP contribution in [-0.2, 0) is 4.79 Å². The molecule has 3 heterocycles. The van der Waals surface area contributed by atoms with Crippen molar-refractivity contribution in [2.24, 2.45) is 4.99 Å². The van der Waals surface area contributed by atoms with Crippen molar-refractivity contribution in [3.8, 4) is 17.1 Å². The predicted molar refractivity (Wildman–Crippen MR) is 168 cm³/mol. The highest BCUT2D eigenvalue weighted by Crippen LogP contribution is 2.32. The third-order valence-corrected chi connectivity index (χ3v) is 8.29. The van der Waals surface area contributed by atoms with E-state index >= 15 is 0 Å². The number of furan rings is 1. The van der Waals surface area contributed by atoms with Crippen LogP contribution in [0.15, 0.2) is 121 Å². The van der Waals surface area contributed by atoms with Gasteiger partial charge < -0.3 is 14.5 Å². The number of anilines is 1. The second-order valence-corrected chi connectivity index (χ2v) is 11.5. The van der Waals surface area contributed by atoms with Gasteiger partial charge in [-0.15, -0.1) is 0 Å². The number of nitrogens with zero attached hydrogens (tertiary/aromatic N) is 2. The third kappa shape index (κ3) is 5.53. The molecule has 5 aromatic rings. The van der Waals surface area contributed by atoms with Crippen LogP contribution < -0.4 is 24.9 Å². The normalized spacial score (nSPS) is 14.8. The Morgan fingerprint density at radius 2 is 1.86 bits per heavy atom. The van der Waals surface area contributed by atoms with Gasteiger partial charge in [0.25, 0.3) is 11.5 Å². The Morgan fingerprint density at radius 3 is 2.60 bits per heavy atom. The van der Waals surface area contributed by atoms with Gasteiger partial charge in [0.05, 0.1) is 28.5 Å². The Bertz CT molecular complexity index is 1990. The van der Waals surface area contributed by atoms with Crippen LogP contribution in [0.5, 0.6) is 5.75 Å². The number of nitrogens with one attached hydrogen (secondary N) is 1. The number of aromatic nitrogens is 1. The van der Waals surface area contributed by atoms with Crippen LogP contribution in [0.2, 0.25) is 0 Å². The molecular formula is C33H26BrN3O4S. The molecule has 7 nitrogen and oxygen atoms in total. The largest absolute Gasteiger partial charge is 0.494 e. The molecule has 1 N–H and O–H groups in total. The van der Waals surface area contributed by atoms with E-state index < -0.39 is 6.04 Å². The van der Waals surface area contributed by atoms with E-state index in [1.807, 2.05) is 97.9 Å². The summed E-state index contributed by atoms with van der Waals surface area (Å²) in [5.74, 6) is 1.63. The van der Waals surface area contributed by atoms with Crippen LogP contribution in [0.3, 0.4) is 0 Å². The first-order valence-electron chi connectivity index (χ1n) is 13.4. The molecule has 0 aliphatic carbocycles. The van der Waals surface area contributed by atoms with Gasteiger partial charge in [0.1, 0.15) is 17.3 Å². The summed E-state index contributed by atoms with van der Waals surface area (Å²) in [6.07, 6.45) is 1.73. The number of carbonyl (C=O) groups is 1. The minimum Gasteiger partial charge on any atom is -0.494 e. The van der Waals surface area contributed by atoms with Crippen molar-refractivity contribution in [2.45, 2.75) is 19.9 Å². The number of fused-ring (bicyclic) bond motifs is 1. The number of carbonyl (C=O) groups excluding carboxylic acids is 1. The lowest BCUT2D eigenvalue weighted by Crippen LogP contribution is -2.40. The molecule has 0 spiro atoms. The molecule has 1 aliphatic rings. The van der Waals surface area contributed by atoms with Crippen molar-refractivity contribution < 1.29 is 13.9 Å². The molecule has 0 saturated heterocycles. The van der Waals surface area contributed by atoms with Crippen LogP contribution in [0, 0.1) is 0 Å². The molecule has 0 radical (unpaired) electrons. The standard InChI is InChI=1S/C33H26BrN3O4S/c1-3-40-25-14-12-21(13-15-25)30-29(31(38)36-24-10-5-4-6-11-24)20(2)35-33-37(30)32(39)28(42-33)19-26-16-17-27(41-26)22-8-7-9-23(34)18-22/h4-19,30H,3H2,1-2H3,(H,36,38)/b28-19-/t30-/m0/s1. The minimum atomic E-state index is -0.684. The van der Waals surface area contributed by atoms with E-state index in [2.05, 4.69) is 21.2 Å². The molecule has 0 saturated carbocycles. The van der Waals surface area contributed by atoms with Crippen LogP contribution in [0.4, 0.5) is 5.69 Å². The molecule has 0 unspecified atom stereocenters. The molecule has 2 aromatic heterocycles. The van der Waals surface area contributed by atoms with E-state index in [9.17, 15) is 9.59 Å². The zero-order chi connectivity index (χ0) is 29.2. The van der Waals surface area contributed by atoms with Crippen molar-refractivity contribution in [1.82, 2.24) is 4.57 Å². The molecular weight excluding hydrogens is 614 g/mol. The summed E-state index contributed by atoms with van der Waals surface area (Å²) in [5.41, 5.74) is 3.04. The first-order chi connectivity index (χ1) is 20.4. The van der Waals surface area contributed by atoms with Gasteiger partial charge in [-0.05, 0) is 67.9 Å². The Morgan fingerprint density at radius 1 is 1.07 bits per heavy atom. The van der Waals surface area contributed by atoms with E-state index in [1.165, 1.54) is 11.3 Å². The predicted octanol–water partition coefficient (Wildman–Crippen LogP) is 6.30. The fraction of sp³-hybridized carbons (Fsp3) is 0.121. The number of benzene rings is 3. The number of amides is 1. The summed E-state index contributed by atoms with van der Waals surface area (Å²) in [7, 11) is 0. The molecule has 42 heavy (non-hydrogen) atoms. The molecule has 6 rings (SSSR count). The zero-order valence-corrected chi connectivity index (χ0v) is 25.2. The van der Waals surface area contributed by atoms with E-state index in [0.29, 0.717) is 50.2 Å². The Balaban J connectivity index is 1.44. The van der Waals surface area contributed by atoms with Crippen LogP contribution in [0.25, 0.3) is 17.4 Å². The third-order valence-electron chi connectivity index (χ3n) is 6.81. The van der Waals surface area contributed by atoms with Crippen LogP contribution in [-0.4, -0.2) is 17.1 Å². The van der Waals surface area contributed by atoms with Crippen molar-refractivity contribution in [1.29, 1.82) is 0 Å². The van der Waals surface area contributed by atoms with E-state index in [-0.39, 0.29) is 11.5 Å². The molecule has 9 heteroatoms. The summed E-state index contributed by atoms with van der Waals surface area (Å²) in [4.78, 5) is 32.9. The fourth-order valence-electron chi connectivity index (χ4n) is 4.92. The van der Waals surface area contributed by atoms with Gasteiger partial charge in [-0.2, -0.15) is 0 Å². The number of rotatable bonds is 7. The Labute approximate surface area is 254 Å². The number of halogens is 1. The quantitative estimate of drug-likeness (QED) is 0.227. The van der Waals surface area contributed by atoms with Gasteiger partial charge in [0.15, 0.2) is 4.80 Å². The van der Waals surface area contributed by atoms with Crippen LogP contribution in [0.1, 0.15) is 31.2 Å². The molecule has 1 amide bonds. The summed E-state index contributed by atoms with van der Waals surface area (Å²) < 4.78 is 14.7. The number of allylic oxidation sites excluding steroid dienone is 1. The number of para-hydroxylation sites is 1. The van der Waals surface area contributed by atoms with Gasteiger partial charge in [-0.1, -0.05) is 69.7 Å². The number of ether oxygens (including phenoxy) is 1. The topological polar surface area (TPSA) is 85.8 Å². The lowest BCUT2D eigenvalue weighted by atomic mass is 9.95. The average molecular weight is 641 g/mol. The number of hydrogen-bond acceptors (Lipinski definition) is 6. The zero-order valence-electron chi connectivity index (χ0n) is 22.8. The maximum Gasteiger partial charge on any atom is 0.271 e. The Kier molecular flexibility index (Phi) is 7.78. The SMILES string of the molecule is CCOc1ccc([C@H]2C(C(=O)Nc3ccccc3)=C(C)N=c3s/c(=C\c4ccc(-c5cccc(Br)c5)o4)c(=O)n32)cc1. The molecule has 210 valence electrons. The summed E-state index contributed by atoms with van der Waals surface area (Å²) in [5, 5.41) is 2.97. The summed E-state index contributed by atoms with van der Waals surface area (Å²) in [6.45, 7) is 4.26. The van der Waals surface area contributed by atoms with E-state index in [0.717, 1.165) is 15.6 Å². The maximum atomic E-state index is 14.0. The molecule has 0 bridgehead atoms. The average Bonchev–Trinajstić information content (AvgIpc) is 3.57. The number of hydrogen-bond donors (Lipinski definition) is 1. The van der Waals surface area contributed by atoms with Gasteiger partial charge in [0, 0.05) is 21.8 Å². The molecule has 1 aliphatic heterocycles. The van der Waals surface area contributed by atoms with Crippen molar-refractivity contribution in [3.05, 3.63) is 138 Å². The van der Waals surface area contributed by atoms with Crippen molar-refractivity contribution in [2.75, 3.05) is 11.9 Å². The molecule has 3 aromatic carbocycles. The van der Waals surface area contributed by atoms with Gasteiger partial charge in [-0.25, -0.2) is 4.99 Å². The first kappa shape index (κ1) is 27.7. The van der Waals surface area contributed by atoms with Gasteiger partial charge in [0.2, 0.25) is 0 Å².